The molecule has 0 bridgehead atoms. The summed E-state index contributed by atoms with van der Waals surface area (Å²) in [5.41, 5.74) is 0.651. The van der Waals surface area contributed by atoms with Crippen molar-refractivity contribution in [2.45, 2.75) is 12.7 Å². The molecule has 0 aromatic heterocycles. The third kappa shape index (κ3) is 4.79. The van der Waals surface area contributed by atoms with Crippen molar-refractivity contribution in [1.82, 2.24) is 9.80 Å². The van der Waals surface area contributed by atoms with Gasteiger partial charge in [0.25, 0.3) is 0 Å². The normalized spacial score (nSPS) is 18.7. The van der Waals surface area contributed by atoms with Crippen molar-refractivity contribution in [1.29, 1.82) is 0 Å². The average Bonchev–Trinajstić information content (AvgIpc) is 2.66. The molecular formula is C16H19FN2O4. The number of rotatable bonds is 5. The van der Waals surface area contributed by atoms with E-state index in [4.69, 9.17) is 9.84 Å². The second-order valence-corrected chi connectivity index (χ2v) is 5.31. The van der Waals surface area contributed by atoms with Gasteiger partial charge in [0.1, 0.15) is 12.4 Å². The summed E-state index contributed by atoms with van der Waals surface area (Å²) in [5.74, 6) is -0.647. The number of hydrogen-bond donors (Lipinski definition) is 1. The van der Waals surface area contributed by atoms with E-state index >= 15 is 0 Å². The molecule has 0 radical (unpaired) electrons. The van der Waals surface area contributed by atoms with Crippen LogP contribution in [0.5, 0.6) is 0 Å². The highest BCUT2D eigenvalue weighted by Crippen LogP contribution is 2.12. The van der Waals surface area contributed by atoms with Crippen molar-refractivity contribution in [2.75, 3.05) is 26.2 Å². The van der Waals surface area contributed by atoms with Gasteiger partial charge in [-0.25, -0.2) is 9.18 Å². The second-order valence-electron chi connectivity index (χ2n) is 5.31. The van der Waals surface area contributed by atoms with E-state index in [9.17, 15) is 14.0 Å². The van der Waals surface area contributed by atoms with Crippen LogP contribution in [0.3, 0.4) is 0 Å². The first-order chi connectivity index (χ1) is 11.0. The Bertz CT molecular complexity index is 593. The molecule has 1 N–H and O–H groups in total. The molecular weight excluding hydrogens is 303 g/mol. The highest BCUT2D eigenvalue weighted by atomic mass is 19.1. The van der Waals surface area contributed by atoms with Crippen LogP contribution in [0.4, 0.5) is 9.18 Å². The number of amides is 2. The standard InChI is InChI=1S/C16H19FN2O4/c1-2-6-18-8-14(9-19(16(21)22)10-15(18)20)23-11-12-4-3-5-13(17)7-12/h2-5,7,14H,1,6,8-11H2,(H,21,22). The summed E-state index contributed by atoms with van der Waals surface area (Å²) in [6.45, 7) is 4.22. The average molecular weight is 322 g/mol. The van der Waals surface area contributed by atoms with Gasteiger partial charge in [0.15, 0.2) is 0 Å². The van der Waals surface area contributed by atoms with Gasteiger partial charge >= 0.3 is 6.09 Å². The molecule has 1 aliphatic rings. The molecule has 23 heavy (non-hydrogen) atoms. The molecule has 7 heteroatoms. The molecule has 0 aliphatic carbocycles. The van der Waals surface area contributed by atoms with Crippen LogP contribution in [-0.2, 0) is 16.1 Å². The van der Waals surface area contributed by atoms with E-state index in [1.54, 1.807) is 18.2 Å². The highest BCUT2D eigenvalue weighted by molar-refractivity contribution is 5.82. The molecule has 1 aromatic carbocycles. The van der Waals surface area contributed by atoms with E-state index in [0.29, 0.717) is 12.1 Å². The Morgan fingerprint density at radius 1 is 1.48 bits per heavy atom. The van der Waals surface area contributed by atoms with Gasteiger partial charge in [-0.3, -0.25) is 9.69 Å². The van der Waals surface area contributed by atoms with Crippen LogP contribution in [-0.4, -0.2) is 59.2 Å². The second kappa shape index (κ2) is 7.73. The van der Waals surface area contributed by atoms with Crippen molar-refractivity contribution >= 4 is 12.0 Å². The number of carbonyl (C=O) groups is 2. The molecule has 6 nitrogen and oxygen atoms in total. The fourth-order valence-corrected chi connectivity index (χ4v) is 2.40. The number of benzene rings is 1. The van der Waals surface area contributed by atoms with E-state index in [2.05, 4.69) is 6.58 Å². The minimum atomic E-state index is -1.17. The van der Waals surface area contributed by atoms with Gasteiger partial charge in [-0.05, 0) is 17.7 Å². The molecule has 0 spiro atoms. The lowest BCUT2D eigenvalue weighted by molar-refractivity contribution is -0.131. The van der Waals surface area contributed by atoms with Crippen LogP contribution < -0.4 is 0 Å². The zero-order chi connectivity index (χ0) is 16.8. The molecule has 1 fully saturated rings. The Labute approximate surface area is 133 Å². The number of hydrogen-bond acceptors (Lipinski definition) is 3. The maximum Gasteiger partial charge on any atom is 0.407 e. The van der Waals surface area contributed by atoms with Crippen molar-refractivity contribution in [3.63, 3.8) is 0 Å². The lowest BCUT2D eigenvalue weighted by Gasteiger charge is -2.23. The fraction of sp³-hybridized carbons (Fsp3) is 0.375. The highest BCUT2D eigenvalue weighted by Gasteiger charge is 2.30. The van der Waals surface area contributed by atoms with E-state index < -0.39 is 12.2 Å². The minimum absolute atomic E-state index is 0.0873. The fourth-order valence-electron chi connectivity index (χ4n) is 2.40. The van der Waals surface area contributed by atoms with E-state index in [0.717, 1.165) is 4.90 Å². The summed E-state index contributed by atoms with van der Waals surface area (Å²) in [4.78, 5) is 25.8. The Morgan fingerprint density at radius 2 is 2.26 bits per heavy atom. The summed E-state index contributed by atoms with van der Waals surface area (Å²) in [6.07, 6.45) is -0.0725. The SMILES string of the molecule is C=CCN1CC(OCc2cccc(F)c2)CN(C(=O)O)CC1=O. The molecule has 2 amide bonds. The van der Waals surface area contributed by atoms with E-state index in [-0.39, 0.29) is 38.0 Å². The maximum atomic E-state index is 13.2. The lowest BCUT2D eigenvalue weighted by Crippen LogP contribution is -2.38. The van der Waals surface area contributed by atoms with Gasteiger partial charge in [0, 0.05) is 13.1 Å². The number of ether oxygens (including phenoxy) is 1. The molecule has 1 aromatic rings. The summed E-state index contributed by atoms with van der Waals surface area (Å²) in [5, 5.41) is 9.17. The van der Waals surface area contributed by atoms with Crippen molar-refractivity contribution in [3.8, 4) is 0 Å². The molecule has 1 saturated heterocycles. The molecule has 1 atom stereocenters. The molecule has 2 rings (SSSR count). The first-order valence-corrected chi connectivity index (χ1v) is 7.22. The smallest absolute Gasteiger partial charge is 0.407 e. The molecule has 1 aliphatic heterocycles. The number of nitrogens with zero attached hydrogens (tertiary/aromatic N) is 2. The summed E-state index contributed by atoms with van der Waals surface area (Å²) in [7, 11) is 0. The molecule has 124 valence electrons. The summed E-state index contributed by atoms with van der Waals surface area (Å²) in [6, 6.07) is 6.00. The van der Waals surface area contributed by atoms with Crippen molar-refractivity contribution < 1.29 is 23.8 Å². The Balaban J connectivity index is 2.06. The van der Waals surface area contributed by atoms with Gasteiger partial charge in [0.2, 0.25) is 5.91 Å². The van der Waals surface area contributed by atoms with E-state index in [1.165, 1.54) is 17.0 Å². The quantitative estimate of drug-likeness (QED) is 0.838. The number of carbonyl (C=O) groups excluding carboxylic acids is 1. The predicted octanol–water partition coefficient (Wildman–Crippen LogP) is 1.72. The van der Waals surface area contributed by atoms with Crippen molar-refractivity contribution in [3.05, 3.63) is 48.3 Å². The van der Waals surface area contributed by atoms with Gasteiger partial charge < -0.3 is 14.7 Å². The van der Waals surface area contributed by atoms with Crippen molar-refractivity contribution in [2.24, 2.45) is 0 Å². The molecule has 1 heterocycles. The Morgan fingerprint density at radius 3 is 2.91 bits per heavy atom. The Kier molecular flexibility index (Phi) is 5.70. The van der Waals surface area contributed by atoms with Crippen LogP contribution >= 0.6 is 0 Å². The number of halogens is 1. The largest absolute Gasteiger partial charge is 0.465 e. The van der Waals surface area contributed by atoms with Crippen LogP contribution in [0.25, 0.3) is 0 Å². The first-order valence-electron chi connectivity index (χ1n) is 7.22. The van der Waals surface area contributed by atoms with Crippen LogP contribution in [0.15, 0.2) is 36.9 Å². The van der Waals surface area contributed by atoms with Crippen LogP contribution in [0.1, 0.15) is 5.56 Å². The lowest BCUT2D eigenvalue weighted by atomic mass is 10.2. The third-order valence-electron chi connectivity index (χ3n) is 3.52. The van der Waals surface area contributed by atoms with Gasteiger partial charge in [-0.1, -0.05) is 18.2 Å². The van der Waals surface area contributed by atoms with Gasteiger partial charge in [0.05, 0.1) is 19.3 Å². The Hall–Kier alpha value is -2.41. The van der Waals surface area contributed by atoms with Gasteiger partial charge in [-0.2, -0.15) is 0 Å². The summed E-state index contributed by atoms with van der Waals surface area (Å²) < 4.78 is 18.9. The third-order valence-corrected chi connectivity index (χ3v) is 3.52. The molecule has 1 unspecified atom stereocenters. The predicted molar refractivity (Wildman–Crippen MR) is 81.4 cm³/mol. The van der Waals surface area contributed by atoms with Crippen LogP contribution in [0.2, 0.25) is 0 Å². The topological polar surface area (TPSA) is 70.1 Å². The molecule has 0 saturated carbocycles. The monoisotopic (exact) mass is 322 g/mol. The van der Waals surface area contributed by atoms with Gasteiger partial charge in [-0.15, -0.1) is 6.58 Å². The first kappa shape index (κ1) is 17.0. The zero-order valence-corrected chi connectivity index (χ0v) is 12.7. The number of carboxylic acid groups (broad SMARTS) is 1. The van der Waals surface area contributed by atoms with E-state index in [1.807, 2.05) is 0 Å². The maximum absolute atomic E-state index is 13.2. The minimum Gasteiger partial charge on any atom is -0.465 e. The summed E-state index contributed by atoms with van der Waals surface area (Å²) >= 11 is 0. The zero-order valence-electron chi connectivity index (χ0n) is 12.7. The van der Waals surface area contributed by atoms with Crippen LogP contribution in [0, 0.1) is 5.82 Å².